The lowest BCUT2D eigenvalue weighted by molar-refractivity contribution is -0.208. The van der Waals surface area contributed by atoms with Gasteiger partial charge in [-0.2, -0.15) is 0 Å². The van der Waals surface area contributed by atoms with E-state index in [-0.39, 0.29) is 131 Å². The largest absolute Gasteiger partial charge is 0.462 e. The second-order valence-corrected chi connectivity index (χ2v) is 36.6. The van der Waals surface area contributed by atoms with Crippen LogP contribution in [0.2, 0.25) is 0 Å². The van der Waals surface area contributed by atoms with E-state index in [1.807, 2.05) is 83.1 Å². The zero-order valence-corrected chi connectivity index (χ0v) is 63.8. The molecule has 0 aromatic rings. The Morgan fingerprint density at radius 2 is 0.653 bits per heavy atom. The molecule has 13 aliphatic carbocycles. The highest BCUT2D eigenvalue weighted by molar-refractivity contribution is 5.81. The molecule has 556 valence electrons. The molecular formula is C82H132O16. The second kappa shape index (κ2) is 31.4. The van der Waals surface area contributed by atoms with E-state index in [4.69, 9.17) is 37.9 Å². The first-order chi connectivity index (χ1) is 46.1. The van der Waals surface area contributed by atoms with E-state index in [2.05, 4.69) is 27.7 Å². The van der Waals surface area contributed by atoms with Crippen molar-refractivity contribution in [1.82, 2.24) is 0 Å². The minimum atomic E-state index is -0.549. The van der Waals surface area contributed by atoms with Crippen LogP contribution in [-0.2, 0) is 76.3 Å². The molecule has 98 heavy (non-hydrogen) atoms. The smallest absolute Gasteiger partial charge is 0.344 e. The summed E-state index contributed by atoms with van der Waals surface area (Å²) in [6, 6.07) is 0. The first-order valence-electron chi connectivity index (χ1n) is 39.8. The van der Waals surface area contributed by atoms with Crippen molar-refractivity contribution in [2.24, 2.45) is 98.6 Å². The number of hydrogen-bond acceptors (Lipinski definition) is 16. The fourth-order valence-corrected chi connectivity index (χ4v) is 19.8. The van der Waals surface area contributed by atoms with Crippen LogP contribution in [0.1, 0.15) is 323 Å². The summed E-state index contributed by atoms with van der Waals surface area (Å²) in [5.74, 6) is 3.20. The Labute approximate surface area is 589 Å². The molecule has 12 unspecified atom stereocenters. The Hall–Kier alpha value is -4.24. The molecule has 0 aromatic heterocycles. The molecule has 0 radical (unpaired) electrons. The molecule has 0 aliphatic heterocycles. The molecule has 0 aromatic carbocycles. The quantitative estimate of drug-likeness (QED) is 0.0729. The van der Waals surface area contributed by atoms with Crippen LogP contribution >= 0.6 is 0 Å². The molecule has 13 aliphatic rings. The summed E-state index contributed by atoms with van der Waals surface area (Å²) < 4.78 is 46.7. The van der Waals surface area contributed by atoms with Crippen molar-refractivity contribution in [1.29, 1.82) is 0 Å². The van der Waals surface area contributed by atoms with Gasteiger partial charge in [-0.15, -0.1) is 0 Å². The minimum absolute atomic E-state index is 0.0308. The van der Waals surface area contributed by atoms with Crippen molar-refractivity contribution in [3.8, 4) is 0 Å². The van der Waals surface area contributed by atoms with Crippen LogP contribution in [0.25, 0.3) is 0 Å². The van der Waals surface area contributed by atoms with E-state index < -0.39 is 21.7 Å². The molecule has 0 N–H and O–H groups in total. The van der Waals surface area contributed by atoms with Gasteiger partial charge in [0.1, 0.15) is 40.7 Å². The maximum atomic E-state index is 13.0. The third-order valence-corrected chi connectivity index (χ3v) is 28.3. The highest BCUT2D eigenvalue weighted by atomic mass is 16.6. The molecule has 0 heterocycles. The zero-order chi connectivity index (χ0) is 71.6. The van der Waals surface area contributed by atoms with Crippen molar-refractivity contribution < 1.29 is 76.3 Å². The van der Waals surface area contributed by atoms with Gasteiger partial charge in [0.2, 0.25) is 0 Å². The Balaban J connectivity index is 0.000000153. The van der Waals surface area contributed by atoms with Crippen LogP contribution < -0.4 is 0 Å². The molecular weight excluding hydrogens is 1240 g/mol. The zero-order valence-electron chi connectivity index (χ0n) is 63.8. The van der Waals surface area contributed by atoms with Crippen LogP contribution in [-0.4, -0.2) is 95.1 Å². The van der Waals surface area contributed by atoms with Gasteiger partial charge in [-0.25, -0.2) is 4.79 Å². The van der Waals surface area contributed by atoms with Crippen molar-refractivity contribution in [2.75, 3.05) is 6.61 Å². The van der Waals surface area contributed by atoms with Gasteiger partial charge in [0, 0.05) is 17.8 Å². The van der Waals surface area contributed by atoms with E-state index in [0.29, 0.717) is 36.0 Å². The summed E-state index contributed by atoms with van der Waals surface area (Å²) in [5.41, 5.74) is -2.99. The van der Waals surface area contributed by atoms with Crippen LogP contribution in [0, 0.1) is 98.6 Å². The summed E-state index contributed by atoms with van der Waals surface area (Å²) >= 11 is 0. The summed E-state index contributed by atoms with van der Waals surface area (Å²) in [7, 11) is 0. The summed E-state index contributed by atoms with van der Waals surface area (Å²) in [5, 5.41) is 0. The Kier molecular flexibility index (Phi) is 24.9. The van der Waals surface area contributed by atoms with Gasteiger partial charge in [-0.1, -0.05) is 48.0 Å². The summed E-state index contributed by atoms with van der Waals surface area (Å²) in [4.78, 5) is 100. The van der Waals surface area contributed by atoms with Crippen molar-refractivity contribution >= 4 is 47.8 Å². The molecule has 10 bridgehead atoms. The number of fused-ring (bicyclic) bond motifs is 6. The average molecular weight is 1370 g/mol. The van der Waals surface area contributed by atoms with E-state index >= 15 is 0 Å². The molecule has 16 nitrogen and oxygen atoms in total. The van der Waals surface area contributed by atoms with E-state index in [1.165, 1.54) is 38.5 Å². The van der Waals surface area contributed by atoms with Gasteiger partial charge in [-0.05, 0) is 316 Å². The predicted molar refractivity (Wildman–Crippen MR) is 374 cm³/mol. The standard InChI is InChI=1S/C22H36O4.C21H34O4.C20H32O4.C19H30O4/c1-5-21(3,4)20(24)25-18-14-15-12-16(18)17(13-15)19(23)26-22(6-2)10-8-7-9-11-22;1-5-20(3,4)19(23)24-17-13-14-11-15(17)16(12-14)18(22)25-21(6-2)9-7-8-10-21;1-5-19(2,3)18(22)23-16-12-13-10-14(16)15(11-13)17(21)24-20(4)8-6-7-9-20;1-5-18(2,3)17(21)22-11-16(20)23-19(4)14-7-12-6-13(9-14)10-15(19)8-12/h15-18H,5-14H2,1-4H3;14-17H,5-13H2,1-4H3;13-16H,5-12H2,1-4H3;12-15H,5-11H2,1-4H3. The van der Waals surface area contributed by atoms with Crippen LogP contribution in [0.4, 0.5) is 0 Å². The number of hydrogen-bond donors (Lipinski definition) is 0. The van der Waals surface area contributed by atoms with E-state index in [0.717, 1.165) is 179 Å². The highest BCUT2D eigenvalue weighted by Gasteiger charge is 2.59. The summed E-state index contributed by atoms with van der Waals surface area (Å²) in [6.45, 7) is 31.4. The van der Waals surface area contributed by atoms with Crippen molar-refractivity contribution in [3.05, 3.63) is 0 Å². The molecule has 0 saturated heterocycles. The molecule has 12 atom stereocenters. The number of carbonyl (C=O) groups excluding carboxylic acids is 8. The van der Waals surface area contributed by atoms with E-state index in [1.54, 1.807) is 0 Å². The fourth-order valence-electron chi connectivity index (χ4n) is 19.8. The minimum Gasteiger partial charge on any atom is -0.462 e. The van der Waals surface area contributed by atoms with Crippen molar-refractivity contribution in [3.63, 3.8) is 0 Å². The summed E-state index contributed by atoms with van der Waals surface area (Å²) in [6.07, 6.45) is 33.2. The first kappa shape index (κ1) is 77.9. The van der Waals surface area contributed by atoms with Crippen molar-refractivity contribution in [2.45, 2.75) is 363 Å². The lowest BCUT2D eigenvalue weighted by Gasteiger charge is -2.59. The number of rotatable bonds is 22. The Morgan fingerprint density at radius 3 is 0.980 bits per heavy atom. The SMILES string of the molecule is CCC(C)(C)C(=O)OC1CC2CC(C(=O)OC3(C)CCCC3)C1C2.CCC(C)(C)C(=O)OCC(=O)OC1(C)C2CC3CC(C2)CC1C3.CCC1(OC(=O)C2CC3CC(OC(=O)C(C)(C)CC)C2C3)CCCC1.CCC1(OC(=O)C2CC3CC(OC(=O)C(C)(C)CC)C2C3)CCCCC1. The predicted octanol–water partition coefficient (Wildman–Crippen LogP) is 17.7. The van der Waals surface area contributed by atoms with E-state index in [9.17, 15) is 38.4 Å². The molecule has 13 saturated carbocycles. The second-order valence-electron chi connectivity index (χ2n) is 36.6. The maximum absolute atomic E-state index is 13.0. The first-order valence-corrected chi connectivity index (χ1v) is 39.8. The highest BCUT2D eigenvalue weighted by Crippen LogP contribution is 2.60. The Bertz CT molecular complexity index is 2760. The average Bonchev–Trinajstić information content (AvgIpc) is 1.02. The number of esters is 8. The third-order valence-electron chi connectivity index (χ3n) is 28.3. The molecule has 0 spiro atoms. The van der Waals surface area contributed by atoms with Gasteiger partial charge >= 0.3 is 47.8 Å². The monoisotopic (exact) mass is 1370 g/mol. The van der Waals surface area contributed by atoms with Gasteiger partial charge in [0.25, 0.3) is 0 Å². The molecule has 13 rings (SSSR count). The topological polar surface area (TPSA) is 210 Å². The Morgan fingerprint density at radius 1 is 0.347 bits per heavy atom. The van der Waals surface area contributed by atoms with Gasteiger partial charge < -0.3 is 37.9 Å². The lowest BCUT2D eigenvalue weighted by atomic mass is 9.50. The number of ether oxygens (including phenoxy) is 8. The lowest BCUT2D eigenvalue weighted by Crippen LogP contribution is -2.58. The third kappa shape index (κ3) is 17.7. The number of carbonyl (C=O) groups is 8. The molecule has 0 amide bonds. The molecule has 13 fully saturated rings. The van der Waals surface area contributed by atoms with Crippen LogP contribution in [0.15, 0.2) is 0 Å². The van der Waals surface area contributed by atoms with Gasteiger partial charge in [0.15, 0.2) is 6.61 Å². The normalized spacial score (nSPS) is 34.7. The van der Waals surface area contributed by atoms with Crippen LogP contribution in [0.3, 0.4) is 0 Å². The fraction of sp³-hybridized carbons (Fsp3) is 0.902. The maximum Gasteiger partial charge on any atom is 0.344 e. The van der Waals surface area contributed by atoms with Gasteiger partial charge in [-0.3, -0.25) is 33.6 Å². The van der Waals surface area contributed by atoms with Gasteiger partial charge in [0.05, 0.1) is 39.4 Å². The molecule has 16 heteroatoms. The van der Waals surface area contributed by atoms with Crippen LogP contribution in [0.5, 0.6) is 0 Å².